The molecule has 2 rings (SSSR count). The Bertz CT molecular complexity index is 383. The lowest BCUT2D eigenvalue weighted by molar-refractivity contribution is -0.141. The van der Waals surface area contributed by atoms with Gasteiger partial charge in [0, 0.05) is 6.04 Å². The molecule has 16 heavy (non-hydrogen) atoms. The van der Waals surface area contributed by atoms with Gasteiger partial charge in [-0.25, -0.2) is 9.97 Å². The van der Waals surface area contributed by atoms with Crippen LogP contribution in [0.3, 0.4) is 0 Å². The molecule has 1 unspecified atom stereocenters. The zero-order valence-electron chi connectivity index (χ0n) is 8.80. The van der Waals surface area contributed by atoms with Crippen molar-refractivity contribution in [2.75, 3.05) is 6.54 Å². The number of rotatable bonds is 1. The van der Waals surface area contributed by atoms with Gasteiger partial charge in [0.15, 0.2) is 0 Å². The molecule has 1 aliphatic rings. The summed E-state index contributed by atoms with van der Waals surface area (Å²) < 4.78 is 37.6. The molecule has 0 bridgehead atoms. The lowest BCUT2D eigenvalue weighted by Gasteiger charge is -2.13. The summed E-state index contributed by atoms with van der Waals surface area (Å²) in [6.07, 6.45) is -2.61. The summed E-state index contributed by atoms with van der Waals surface area (Å²) in [5.41, 5.74) is -0.416. The fourth-order valence-corrected chi connectivity index (χ4v) is 1.85. The fraction of sp³-hybridized carbons (Fsp3) is 0.600. The average Bonchev–Trinajstić information content (AvgIpc) is 2.68. The number of aromatic nitrogens is 2. The van der Waals surface area contributed by atoms with Gasteiger partial charge < -0.3 is 5.32 Å². The molecule has 0 aromatic carbocycles. The van der Waals surface area contributed by atoms with Crippen molar-refractivity contribution in [2.24, 2.45) is 0 Å². The first-order valence-electron chi connectivity index (χ1n) is 5.13. The lowest BCUT2D eigenvalue weighted by atomic mass is 10.1. The number of nitrogens with one attached hydrogen (secondary N) is 1. The van der Waals surface area contributed by atoms with Crippen molar-refractivity contribution in [1.82, 2.24) is 15.3 Å². The van der Waals surface area contributed by atoms with Crippen molar-refractivity contribution in [3.63, 3.8) is 0 Å². The van der Waals surface area contributed by atoms with E-state index in [1.54, 1.807) is 0 Å². The molecule has 1 saturated heterocycles. The number of hydrogen-bond acceptors (Lipinski definition) is 3. The maximum atomic E-state index is 12.5. The number of alkyl halides is 3. The molecule has 1 aromatic rings. The minimum Gasteiger partial charge on any atom is -0.309 e. The third-order valence-electron chi connectivity index (χ3n) is 2.57. The molecule has 0 radical (unpaired) electrons. The van der Waals surface area contributed by atoms with Crippen LogP contribution in [0.5, 0.6) is 0 Å². The van der Waals surface area contributed by atoms with Crippen LogP contribution in [-0.4, -0.2) is 16.5 Å². The normalized spacial score (nSPS) is 21.4. The maximum Gasteiger partial charge on any atom is 0.433 e. The van der Waals surface area contributed by atoms with Crippen LogP contribution in [0.15, 0.2) is 6.07 Å². The van der Waals surface area contributed by atoms with Crippen LogP contribution in [0.4, 0.5) is 13.2 Å². The van der Waals surface area contributed by atoms with Crippen LogP contribution in [0.2, 0.25) is 0 Å². The largest absolute Gasteiger partial charge is 0.433 e. The summed E-state index contributed by atoms with van der Waals surface area (Å²) >= 11 is 0. The summed E-state index contributed by atoms with van der Waals surface area (Å²) in [6, 6.07) is 0.971. The second kappa shape index (κ2) is 4.01. The Morgan fingerprint density at radius 1 is 1.38 bits per heavy atom. The van der Waals surface area contributed by atoms with Gasteiger partial charge in [-0.05, 0) is 32.4 Å². The van der Waals surface area contributed by atoms with E-state index in [0.717, 1.165) is 25.5 Å². The summed E-state index contributed by atoms with van der Waals surface area (Å²) in [6.45, 7) is 2.31. The first-order chi connectivity index (χ1) is 7.47. The smallest absolute Gasteiger partial charge is 0.309 e. The standard InChI is InChI=1S/C10H12F3N3/c1-6-15-8(7-3-2-4-14-7)5-9(16-6)10(11,12)13/h5,7,14H,2-4H2,1H3. The number of hydrogen-bond donors (Lipinski definition) is 1. The molecule has 6 heteroatoms. The van der Waals surface area contributed by atoms with Gasteiger partial charge in [-0.1, -0.05) is 0 Å². The molecule has 0 amide bonds. The van der Waals surface area contributed by atoms with E-state index < -0.39 is 11.9 Å². The summed E-state index contributed by atoms with van der Waals surface area (Å²) in [4.78, 5) is 7.47. The van der Waals surface area contributed by atoms with Gasteiger partial charge in [0.1, 0.15) is 11.5 Å². The Balaban J connectivity index is 2.35. The Kier molecular flexibility index (Phi) is 2.84. The van der Waals surface area contributed by atoms with Crippen LogP contribution in [0.1, 0.15) is 36.1 Å². The van der Waals surface area contributed by atoms with E-state index in [4.69, 9.17) is 0 Å². The van der Waals surface area contributed by atoms with Crippen molar-refractivity contribution in [3.8, 4) is 0 Å². The van der Waals surface area contributed by atoms with Gasteiger partial charge in [-0.2, -0.15) is 13.2 Å². The van der Waals surface area contributed by atoms with E-state index in [0.29, 0.717) is 5.69 Å². The third-order valence-corrected chi connectivity index (χ3v) is 2.57. The minimum atomic E-state index is -4.40. The molecular weight excluding hydrogens is 219 g/mol. The Morgan fingerprint density at radius 3 is 2.69 bits per heavy atom. The Labute approximate surface area is 91.1 Å². The molecule has 1 aliphatic heterocycles. The Morgan fingerprint density at radius 2 is 2.12 bits per heavy atom. The molecule has 88 valence electrons. The lowest BCUT2D eigenvalue weighted by Crippen LogP contribution is -2.18. The van der Waals surface area contributed by atoms with Gasteiger partial charge in [-0.3, -0.25) is 0 Å². The van der Waals surface area contributed by atoms with E-state index >= 15 is 0 Å². The predicted octanol–water partition coefficient (Wildman–Crippen LogP) is 2.23. The summed E-state index contributed by atoms with van der Waals surface area (Å²) in [7, 11) is 0. The number of halogens is 3. The van der Waals surface area contributed by atoms with Crippen LogP contribution in [-0.2, 0) is 6.18 Å². The van der Waals surface area contributed by atoms with Crippen LogP contribution >= 0.6 is 0 Å². The molecule has 2 heterocycles. The molecule has 1 N–H and O–H groups in total. The third kappa shape index (κ3) is 2.32. The first kappa shape index (κ1) is 11.3. The average molecular weight is 231 g/mol. The van der Waals surface area contributed by atoms with Gasteiger partial charge in [0.25, 0.3) is 0 Å². The zero-order chi connectivity index (χ0) is 11.8. The molecule has 0 saturated carbocycles. The molecule has 0 aliphatic carbocycles. The van der Waals surface area contributed by atoms with E-state index in [-0.39, 0.29) is 11.9 Å². The predicted molar refractivity (Wildman–Crippen MR) is 51.7 cm³/mol. The van der Waals surface area contributed by atoms with Crippen molar-refractivity contribution < 1.29 is 13.2 Å². The molecule has 0 spiro atoms. The topological polar surface area (TPSA) is 37.8 Å². The second-order valence-corrected chi connectivity index (χ2v) is 3.87. The molecular formula is C10H12F3N3. The Hall–Kier alpha value is -1.17. The van der Waals surface area contributed by atoms with Crippen LogP contribution < -0.4 is 5.32 Å². The molecule has 3 nitrogen and oxygen atoms in total. The highest BCUT2D eigenvalue weighted by atomic mass is 19.4. The maximum absolute atomic E-state index is 12.5. The van der Waals surface area contributed by atoms with Gasteiger partial charge in [0.05, 0.1) is 5.69 Å². The SMILES string of the molecule is Cc1nc(C2CCCN2)cc(C(F)(F)F)n1. The highest BCUT2D eigenvalue weighted by Gasteiger charge is 2.34. The summed E-state index contributed by atoms with van der Waals surface area (Å²) in [5.74, 6) is 0.165. The van der Waals surface area contributed by atoms with Crippen LogP contribution in [0.25, 0.3) is 0 Å². The highest BCUT2D eigenvalue weighted by molar-refractivity contribution is 5.17. The quantitative estimate of drug-likeness (QED) is 0.805. The van der Waals surface area contributed by atoms with Crippen molar-refractivity contribution >= 4 is 0 Å². The van der Waals surface area contributed by atoms with Gasteiger partial charge in [0.2, 0.25) is 0 Å². The van der Waals surface area contributed by atoms with E-state index in [1.807, 2.05) is 0 Å². The number of nitrogens with zero attached hydrogens (tertiary/aromatic N) is 2. The van der Waals surface area contributed by atoms with E-state index in [9.17, 15) is 13.2 Å². The van der Waals surface area contributed by atoms with Crippen molar-refractivity contribution in [3.05, 3.63) is 23.3 Å². The van der Waals surface area contributed by atoms with Crippen LogP contribution in [0, 0.1) is 6.92 Å². The van der Waals surface area contributed by atoms with Gasteiger partial charge in [-0.15, -0.1) is 0 Å². The molecule has 1 aromatic heterocycles. The van der Waals surface area contributed by atoms with Crippen molar-refractivity contribution in [1.29, 1.82) is 0 Å². The first-order valence-corrected chi connectivity index (χ1v) is 5.13. The molecule has 1 atom stereocenters. The zero-order valence-corrected chi connectivity index (χ0v) is 8.80. The summed E-state index contributed by atoms with van der Waals surface area (Å²) in [5, 5.41) is 3.12. The van der Waals surface area contributed by atoms with E-state index in [1.165, 1.54) is 6.92 Å². The van der Waals surface area contributed by atoms with Gasteiger partial charge >= 0.3 is 6.18 Å². The second-order valence-electron chi connectivity index (χ2n) is 3.87. The minimum absolute atomic E-state index is 0.0669. The number of aryl methyl sites for hydroxylation is 1. The highest BCUT2D eigenvalue weighted by Crippen LogP contribution is 2.30. The van der Waals surface area contributed by atoms with Crippen molar-refractivity contribution in [2.45, 2.75) is 32.0 Å². The fourth-order valence-electron chi connectivity index (χ4n) is 1.85. The molecule has 1 fully saturated rings. The monoisotopic (exact) mass is 231 g/mol. The van der Waals surface area contributed by atoms with E-state index in [2.05, 4.69) is 15.3 Å².